The Labute approximate surface area is 123 Å². The van der Waals surface area contributed by atoms with Crippen LogP contribution in [0.15, 0.2) is 0 Å². The van der Waals surface area contributed by atoms with Crippen molar-refractivity contribution in [3.05, 3.63) is 16.0 Å². The monoisotopic (exact) mass is 292 g/mol. The van der Waals surface area contributed by atoms with Gasteiger partial charge in [-0.3, -0.25) is 9.69 Å². The number of carbonyl (C=O) groups excluding carboxylic acids is 1. The molecule has 0 unspecified atom stereocenters. The van der Waals surface area contributed by atoms with Gasteiger partial charge in [-0.2, -0.15) is 5.26 Å². The molecule has 0 atom stereocenters. The quantitative estimate of drug-likeness (QED) is 0.885. The van der Waals surface area contributed by atoms with E-state index in [1.165, 1.54) is 11.3 Å². The lowest BCUT2D eigenvalue weighted by atomic mass is 10.2. The Bertz CT molecular complexity index is 524. The summed E-state index contributed by atoms with van der Waals surface area (Å²) in [6, 6.07) is 2.18. The van der Waals surface area contributed by atoms with Crippen LogP contribution >= 0.6 is 11.3 Å². The van der Waals surface area contributed by atoms with Gasteiger partial charge in [0.15, 0.2) is 0 Å². The van der Waals surface area contributed by atoms with Crippen molar-refractivity contribution in [1.29, 1.82) is 5.26 Å². The Balaban J connectivity index is 1.97. The van der Waals surface area contributed by atoms with Gasteiger partial charge in [-0.1, -0.05) is 0 Å². The van der Waals surface area contributed by atoms with Crippen molar-refractivity contribution in [2.75, 3.05) is 38.0 Å². The number of hydrogen-bond acceptors (Lipinski definition) is 5. The maximum Gasteiger partial charge on any atom is 0.239 e. The molecule has 1 aromatic rings. The van der Waals surface area contributed by atoms with Crippen LogP contribution in [0.5, 0.6) is 0 Å². The molecule has 1 aliphatic heterocycles. The summed E-state index contributed by atoms with van der Waals surface area (Å²) in [4.78, 5) is 15.3. The highest BCUT2D eigenvalue weighted by Crippen LogP contribution is 2.31. The summed E-state index contributed by atoms with van der Waals surface area (Å²) in [6.07, 6.45) is 1.06. The van der Waals surface area contributed by atoms with Gasteiger partial charge in [-0.15, -0.1) is 11.3 Å². The van der Waals surface area contributed by atoms with Crippen molar-refractivity contribution in [2.24, 2.45) is 0 Å². The third-order valence-corrected chi connectivity index (χ3v) is 4.67. The Morgan fingerprint density at radius 2 is 2.25 bits per heavy atom. The fraction of sp³-hybridized carbons (Fsp3) is 0.571. The summed E-state index contributed by atoms with van der Waals surface area (Å²) < 4.78 is 0. The molecule has 1 fully saturated rings. The minimum absolute atomic E-state index is 0.0374. The van der Waals surface area contributed by atoms with Gasteiger partial charge in [0.25, 0.3) is 0 Å². The average molecular weight is 292 g/mol. The molecular weight excluding hydrogens is 272 g/mol. The number of thiophene rings is 1. The van der Waals surface area contributed by atoms with E-state index in [0.717, 1.165) is 43.0 Å². The SMILES string of the molecule is Cc1sc(NC(=O)CN2CCCNCC2)c(C#N)c1C. The summed E-state index contributed by atoms with van der Waals surface area (Å²) >= 11 is 1.47. The number of nitrogens with zero attached hydrogens (tertiary/aromatic N) is 2. The Kier molecular flexibility index (Phi) is 5.12. The molecule has 1 saturated heterocycles. The van der Waals surface area contributed by atoms with Crippen molar-refractivity contribution < 1.29 is 4.79 Å². The summed E-state index contributed by atoms with van der Waals surface area (Å²) in [7, 11) is 0. The lowest BCUT2D eigenvalue weighted by Crippen LogP contribution is -2.35. The van der Waals surface area contributed by atoms with E-state index in [1.807, 2.05) is 13.8 Å². The second-order valence-corrected chi connectivity index (χ2v) is 6.25. The Morgan fingerprint density at radius 1 is 1.45 bits per heavy atom. The fourth-order valence-electron chi connectivity index (χ4n) is 2.28. The topological polar surface area (TPSA) is 68.2 Å². The van der Waals surface area contributed by atoms with Gasteiger partial charge in [0.2, 0.25) is 5.91 Å². The summed E-state index contributed by atoms with van der Waals surface area (Å²) in [6.45, 7) is 8.04. The number of nitrogens with one attached hydrogen (secondary N) is 2. The zero-order valence-electron chi connectivity index (χ0n) is 12.0. The molecule has 0 aromatic carbocycles. The van der Waals surface area contributed by atoms with Crippen LogP contribution in [0.1, 0.15) is 22.4 Å². The minimum Gasteiger partial charge on any atom is -0.315 e. The molecule has 20 heavy (non-hydrogen) atoms. The highest BCUT2D eigenvalue weighted by Gasteiger charge is 2.17. The predicted molar refractivity (Wildman–Crippen MR) is 81.1 cm³/mol. The smallest absolute Gasteiger partial charge is 0.239 e. The normalized spacial score (nSPS) is 16.4. The highest BCUT2D eigenvalue weighted by atomic mass is 32.1. The van der Waals surface area contributed by atoms with E-state index in [2.05, 4.69) is 21.6 Å². The first kappa shape index (κ1) is 15.0. The number of anilines is 1. The van der Waals surface area contributed by atoms with Crippen LogP contribution in [-0.2, 0) is 4.79 Å². The van der Waals surface area contributed by atoms with Crippen molar-refractivity contribution in [3.8, 4) is 6.07 Å². The minimum atomic E-state index is -0.0374. The zero-order chi connectivity index (χ0) is 14.5. The van der Waals surface area contributed by atoms with Crippen molar-refractivity contribution in [2.45, 2.75) is 20.3 Å². The molecule has 0 radical (unpaired) electrons. The first-order valence-corrected chi connectivity index (χ1v) is 7.66. The molecule has 2 rings (SSSR count). The summed E-state index contributed by atoms with van der Waals surface area (Å²) in [5.74, 6) is -0.0374. The van der Waals surface area contributed by atoms with E-state index < -0.39 is 0 Å². The Hall–Kier alpha value is -1.42. The van der Waals surface area contributed by atoms with Crippen LogP contribution in [-0.4, -0.2) is 43.5 Å². The van der Waals surface area contributed by atoms with Crippen LogP contribution in [0.3, 0.4) is 0 Å². The summed E-state index contributed by atoms with van der Waals surface area (Å²) in [5, 5.41) is 16.1. The number of carbonyl (C=O) groups is 1. The van der Waals surface area contributed by atoms with E-state index in [-0.39, 0.29) is 5.91 Å². The van der Waals surface area contributed by atoms with Crippen molar-refractivity contribution >= 4 is 22.2 Å². The molecule has 0 saturated carbocycles. The number of hydrogen-bond donors (Lipinski definition) is 2. The van der Waals surface area contributed by atoms with Crippen LogP contribution in [0, 0.1) is 25.2 Å². The second-order valence-electron chi connectivity index (χ2n) is 5.03. The summed E-state index contributed by atoms with van der Waals surface area (Å²) in [5.41, 5.74) is 1.56. The molecule has 0 spiro atoms. The van der Waals surface area contributed by atoms with Gasteiger partial charge in [-0.05, 0) is 38.9 Å². The molecular formula is C14H20N4OS. The molecule has 2 N–H and O–H groups in total. The molecule has 1 aromatic heterocycles. The zero-order valence-corrected chi connectivity index (χ0v) is 12.8. The third-order valence-electron chi connectivity index (χ3n) is 3.55. The molecule has 6 heteroatoms. The van der Waals surface area contributed by atoms with E-state index in [9.17, 15) is 10.1 Å². The predicted octanol–water partition coefficient (Wildman–Crippen LogP) is 1.47. The number of aryl methyl sites for hydroxylation is 1. The van der Waals surface area contributed by atoms with Crippen molar-refractivity contribution in [3.63, 3.8) is 0 Å². The lowest BCUT2D eigenvalue weighted by molar-refractivity contribution is -0.117. The largest absolute Gasteiger partial charge is 0.315 e. The van der Waals surface area contributed by atoms with Gasteiger partial charge < -0.3 is 10.6 Å². The third kappa shape index (κ3) is 3.57. The molecule has 1 aliphatic rings. The van der Waals surface area contributed by atoms with Gasteiger partial charge in [0.05, 0.1) is 12.1 Å². The van der Waals surface area contributed by atoms with Crippen LogP contribution in [0.4, 0.5) is 5.00 Å². The van der Waals surface area contributed by atoms with Gasteiger partial charge >= 0.3 is 0 Å². The number of rotatable bonds is 3. The van der Waals surface area contributed by atoms with Crippen LogP contribution < -0.4 is 10.6 Å². The number of nitriles is 1. The van der Waals surface area contributed by atoms with E-state index >= 15 is 0 Å². The fourth-order valence-corrected chi connectivity index (χ4v) is 3.31. The van der Waals surface area contributed by atoms with Crippen LogP contribution in [0.2, 0.25) is 0 Å². The van der Waals surface area contributed by atoms with Gasteiger partial charge in [-0.25, -0.2) is 0 Å². The van der Waals surface area contributed by atoms with E-state index in [0.29, 0.717) is 17.1 Å². The first-order chi connectivity index (χ1) is 9.61. The van der Waals surface area contributed by atoms with E-state index in [1.54, 1.807) is 0 Å². The molecule has 108 valence electrons. The highest BCUT2D eigenvalue weighted by molar-refractivity contribution is 7.16. The molecule has 5 nitrogen and oxygen atoms in total. The first-order valence-electron chi connectivity index (χ1n) is 6.85. The van der Waals surface area contributed by atoms with Gasteiger partial charge in [0.1, 0.15) is 11.1 Å². The lowest BCUT2D eigenvalue weighted by Gasteiger charge is -2.18. The molecule has 2 heterocycles. The molecule has 1 amide bonds. The van der Waals surface area contributed by atoms with Crippen LogP contribution in [0.25, 0.3) is 0 Å². The molecule has 0 aliphatic carbocycles. The maximum atomic E-state index is 12.1. The average Bonchev–Trinajstić information content (AvgIpc) is 2.61. The van der Waals surface area contributed by atoms with Gasteiger partial charge in [0, 0.05) is 18.0 Å². The van der Waals surface area contributed by atoms with E-state index in [4.69, 9.17) is 0 Å². The Morgan fingerprint density at radius 3 is 3.00 bits per heavy atom. The maximum absolute atomic E-state index is 12.1. The number of amides is 1. The second kappa shape index (κ2) is 6.84. The molecule has 0 bridgehead atoms. The standard InChI is InChI=1S/C14H20N4OS/c1-10-11(2)20-14(12(10)8-15)17-13(19)9-18-6-3-4-16-5-7-18/h16H,3-7,9H2,1-2H3,(H,17,19). The van der Waals surface area contributed by atoms with Crippen molar-refractivity contribution in [1.82, 2.24) is 10.2 Å².